The second-order valence-corrected chi connectivity index (χ2v) is 26.7. The van der Waals surface area contributed by atoms with Crippen LogP contribution in [0.5, 0.6) is 0 Å². The molecule has 0 atom stereocenters. The highest BCUT2D eigenvalue weighted by Crippen LogP contribution is 2.27. The predicted molar refractivity (Wildman–Crippen MR) is 389 cm³/mol. The minimum atomic E-state index is 0.274. The van der Waals surface area contributed by atoms with Gasteiger partial charge in [0.05, 0.1) is 0 Å². The van der Waals surface area contributed by atoms with Crippen LogP contribution in [0, 0.1) is 125 Å². The van der Waals surface area contributed by atoms with Crippen molar-refractivity contribution in [2.24, 2.45) is 0 Å². The third kappa shape index (κ3) is 31.4. The van der Waals surface area contributed by atoms with Crippen molar-refractivity contribution in [3.05, 3.63) is 317 Å². The van der Waals surface area contributed by atoms with Crippen LogP contribution in [-0.2, 0) is 10.8 Å². The molecule has 0 fully saturated rings. The van der Waals surface area contributed by atoms with Crippen LogP contribution in [0.2, 0.25) is 0 Å². The molecule has 0 nitrogen and oxygen atoms in total. The molecule has 0 heterocycles. The summed E-state index contributed by atoms with van der Waals surface area (Å²) in [5, 5.41) is 0. The van der Waals surface area contributed by atoms with Crippen molar-refractivity contribution < 1.29 is 0 Å². The maximum Gasteiger partial charge on any atom is -0.0129 e. The number of benzene rings is 9. The third-order valence-corrected chi connectivity index (χ3v) is 15.3. The summed E-state index contributed by atoms with van der Waals surface area (Å²) >= 11 is 0. The van der Waals surface area contributed by atoms with Crippen molar-refractivity contribution in [2.75, 3.05) is 0 Å². The molecule has 0 amide bonds. The molecular formula is C86H118. The Bertz CT molecular complexity index is 3260. The van der Waals surface area contributed by atoms with Gasteiger partial charge in [0.2, 0.25) is 0 Å². The fraction of sp³-hybridized carbons (Fsp3) is 0.372. The molecule has 9 aromatic rings. The molecule has 0 spiro atoms. The van der Waals surface area contributed by atoms with Gasteiger partial charge < -0.3 is 0 Å². The molecule has 0 aliphatic heterocycles. The van der Waals surface area contributed by atoms with Crippen LogP contribution < -0.4 is 0 Å². The van der Waals surface area contributed by atoms with Crippen molar-refractivity contribution in [3.63, 3.8) is 0 Å². The second kappa shape index (κ2) is 38.9. The summed E-state index contributed by atoms with van der Waals surface area (Å²) in [6, 6.07) is 68.5. The lowest BCUT2D eigenvalue weighted by molar-refractivity contribution is 0.585. The van der Waals surface area contributed by atoms with Gasteiger partial charge in [0.25, 0.3) is 0 Å². The van der Waals surface area contributed by atoms with Crippen LogP contribution in [0.3, 0.4) is 0 Å². The molecule has 0 aromatic heterocycles. The van der Waals surface area contributed by atoms with Crippen molar-refractivity contribution in [1.29, 1.82) is 0 Å². The SMILES string of the molecule is Cc1cc(C)c(C)c(C)c1.Cc1ccc(C)c(C(C)(C)C)c1.Cc1ccc(C)c(C(C)C)c1.Cc1ccc(C)c(C)c1.Cc1ccc(C)cc1.Cc1ccccc1.Cc1ccccc1C.Cc1ccccc1C(C)(C)C.Cc1ccccc1C(C)C. The summed E-state index contributed by atoms with van der Waals surface area (Å²) < 4.78 is 0. The monoisotopic (exact) mass is 1150 g/mol. The third-order valence-electron chi connectivity index (χ3n) is 15.3. The van der Waals surface area contributed by atoms with Gasteiger partial charge in [-0.25, -0.2) is 0 Å². The maximum atomic E-state index is 2.29. The average Bonchev–Trinajstić information content (AvgIpc) is 3.65. The van der Waals surface area contributed by atoms with Crippen LogP contribution in [0.4, 0.5) is 0 Å². The first-order valence-electron chi connectivity index (χ1n) is 31.5. The first-order chi connectivity index (χ1) is 40.0. The van der Waals surface area contributed by atoms with Crippen molar-refractivity contribution >= 4 is 0 Å². The minimum absolute atomic E-state index is 0.274. The summed E-state index contributed by atoms with van der Waals surface area (Å²) in [6.07, 6.45) is 0. The van der Waals surface area contributed by atoms with Gasteiger partial charge in [-0.3, -0.25) is 0 Å². The van der Waals surface area contributed by atoms with E-state index in [0.717, 1.165) is 0 Å². The van der Waals surface area contributed by atoms with E-state index in [1.807, 2.05) is 18.2 Å². The van der Waals surface area contributed by atoms with Crippen molar-refractivity contribution in [3.8, 4) is 0 Å². The largest absolute Gasteiger partial charge is 0.0622 e. The molecule has 0 saturated carbocycles. The number of rotatable bonds is 2. The fourth-order valence-electron chi connectivity index (χ4n) is 9.55. The Morgan fingerprint density at radius 1 is 0.209 bits per heavy atom. The van der Waals surface area contributed by atoms with Crippen LogP contribution in [-0.4, -0.2) is 0 Å². The van der Waals surface area contributed by atoms with Gasteiger partial charge in [0.1, 0.15) is 0 Å². The highest BCUT2D eigenvalue weighted by molar-refractivity contribution is 5.38. The molecule has 9 rings (SSSR count). The number of hydrogen-bond donors (Lipinski definition) is 0. The van der Waals surface area contributed by atoms with E-state index >= 15 is 0 Å². The van der Waals surface area contributed by atoms with Crippen LogP contribution in [0.1, 0.15) is 203 Å². The summed E-state index contributed by atoms with van der Waals surface area (Å²) in [4.78, 5) is 0. The zero-order valence-electron chi connectivity index (χ0n) is 59.6. The maximum absolute atomic E-state index is 2.29. The van der Waals surface area contributed by atoms with Crippen molar-refractivity contribution in [2.45, 2.75) is 217 Å². The Morgan fingerprint density at radius 2 is 0.512 bits per heavy atom. The van der Waals surface area contributed by atoms with E-state index in [4.69, 9.17) is 0 Å². The van der Waals surface area contributed by atoms with E-state index in [9.17, 15) is 0 Å². The topological polar surface area (TPSA) is 0 Å². The van der Waals surface area contributed by atoms with Crippen molar-refractivity contribution in [1.82, 2.24) is 0 Å². The van der Waals surface area contributed by atoms with Crippen LogP contribution >= 0.6 is 0 Å². The standard InChI is InChI=1S/C12H18.2C11H16.2C10H14.C9H12.2C8H10.C7H8/c1-9-6-7-10(2)11(8-9)12(3,4)5;1-8(2)11-7-9(3)5-6-10(11)4;1-9-7-5-6-8-10(9)11(2,3)4;1-7-5-8(2)10(4)9(3)6-7;1-8(2)10-7-5-4-6-9(10)3;1-7-4-5-8(2)9(3)6-7;1-7-3-5-8(2)6-4-7;1-7-5-3-4-6-8(7)2;1-7-5-3-2-4-6-7/h6-8H,1-5H3;2*5-8H,1-4H3;5-6H,1-4H3;4-8H,1-3H3;4-6H,1-3H3;2*3-6H,1-2H3;2-6H,1H3. The average molecular weight is 1150 g/mol. The van der Waals surface area contributed by atoms with Gasteiger partial charge in [-0.2, -0.15) is 0 Å². The molecule has 0 heteroatoms. The van der Waals surface area contributed by atoms with E-state index in [0.29, 0.717) is 11.8 Å². The summed E-state index contributed by atoms with van der Waals surface area (Å²) in [7, 11) is 0. The van der Waals surface area contributed by atoms with Gasteiger partial charge in [-0.05, 0) is 231 Å². The first-order valence-corrected chi connectivity index (χ1v) is 31.5. The number of aryl methyl sites for hydroxylation is 17. The van der Waals surface area contributed by atoms with Gasteiger partial charge in [-0.15, -0.1) is 0 Å². The van der Waals surface area contributed by atoms with Crippen LogP contribution in [0.25, 0.3) is 0 Å². The zero-order chi connectivity index (χ0) is 65.5. The highest BCUT2D eigenvalue weighted by Gasteiger charge is 2.16. The van der Waals surface area contributed by atoms with Crippen LogP contribution in [0.15, 0.2) is 194 Å². The quantitative estimate of drug-likeness (QED) is 0.162. The molecular weight excluding hydrogens is 1030 g/mol. The molecule has 0 N–H and O–H groups in total. The number of hydrogen-bond acceptors (Lipinski definition) is 0. The fourth-order valence-corrected chi connectivity index (χ4v) is 9.55. The predicted octanol–water partition coefficient (Wildman–Crippen LogP) is 25.6. The second-order valence-electron chi connectivity index (χ2n) is 26.7. The molecule has 0 saturated heterocycles. The molecule has 86 heavy (non-hydrogen) atoms. The van der Waals surface area contributed by atoms with Gasteiger partial charge in [0.15, 0.2) is 0 Å². The van der Waals surface area contributed by atoms with E-state index in [1.165, 1.54) is 122 Å². The molecule has 0 bridgehead atoms. The first kappa shape index (κ1) is 77.0. The van der Waals surface area contributed by atoms with E-state index in [2.05, 4.69) is 370 Å². The Labute approximate surface area is 530 Å². The smallest absolute Gasteiger partial charge is 0.0129 e. The van der Waals surface area contributed by atoms with Gasteiger partial charge in [-0.1, -0.05) is 302 Å². The van der Waals surface area contributed by atoms with Gasteiger partial charge >= 0.3 is 0 Å². The Hall–Kier alpha value is -7.02. The lowest BCUT2D eigenvalue weighted by Crippen LogP contribution is -2.13. The highest BCUT2D eigenvalue weighted by atomic mass is 14.2. The molecule has 0 unspecified atom stereocenters. The Balaban J connectivity index is 0.000000486. The zero-order valence-corrected chi connectivity index (χ0v) is 59.6. The van der Waals surface area contributed by atoms with E-state index in [-0.39, 0.29) is 10.8 Å². The van der Waals surface area contributed by atoms with Gasteiger partial charge in [0, 0.05) is 0 Å². The summed E-state index contributed by atoms with van der Waals surface area (Å²) in [5.41, 5.74) is 31.1. The summed E-state index contributed by atoms with van der Waals surface area (Å²) in [5.74, 6) is 1.30. The molecule has 0 aliphatic rings. The lowest BCUT2D eigenvalue weighted by atomic mass is 9.83. The normalized spacial score (nSPS) is 10.3. The molecule has 0 radical (unpaired) electrons. The van der Waals surface area contributed by atoms with E-state index < -0.39 is 0 Å². The Morgan fingerprint density at radius 3 is 0.837 bits per heavy atom. The van der Waals surface area contributed by atoms with E-state index in [1.54, 1.807) is 0 Å². The molecule has 9 aromatic carbocycles. The summed E-state index contributed by atoms with van der Waals surface area (Å²) in [6.45, 7) is 61.0. The molecule has 0 aliphatic carbocycles. The lowest BCUT2D eigenvalue weighted by Gasteiger charge is -2.22. The Kier molecular flexibility index (Phi) is 34.8. The minimum Gasteiger partial charge on any atom is -0.0622 e. The molecule has 462 valence electrons.